The largest absolute Gasteiger partial charge is 0.392 e. The predicted molar refractivity (Wildman–Crippen MR) is 111 cm³/mol. The van der Waals surface area contributed by atoms with Crippen LogP contribution < -0.4 is 10.2 Å². The molecule has 3 N–H and O–H groups in total. The van der Waals surface area contributed by atoms with Gasteiger partial charge in [0, 0.05) is 31.0 Å². The SMILES string of the molecule is CC(O)CNC(=O)c1cc([N+](=O)[O-])cc([N+](=O)[O-])c1N(CCBr)CCCS(=O)(=O)O. The van der Waals surface area contributed by atoms with Crippen molar-refractivity contribution >= 4 is 49.0 Å². The van der Waals surface area contributed by atoms with Crippen LogP contribution in [0, 0.1) is 20.2 Å². The number of anilines is 1. The molecule has 1 aromatic carbocycles. The van der Waals surface area contributed by atoms with Crippen molar-refractivity contribution in [3.8, 4) is 0 Å². The minimum absolute atomic E-state index is 0.0965. The van der Waals surface area contributed by atoms with Crippen LogP contribution in [0.4, 0.5) is 17.1 Å². The molecule has 0 heterocycles. The van der Waals surface area contributed by atoms with Gasteiger partial charge in [0.05, 0.1) is 33.3 Å². The number of aliphatic hydroxyl groups excluding tert-OH is 1. The molecular weight excluding hydrogens is 492 g/mol. The Morgan fingerprint density at radius 2 is 1.90 bits per heavy atom. The number of carbonyl (C=O) groups is 1. The molecule has 0 aliphatic rings. The Labute approximate surface area is 180 Å². The zero-order valence-electron chi connectivity index (χ0n) is 15.9. The standard InChI is InChI=1S/C15H21BrN4O9S/c1-10(21)9-17-15(22)12-7-11(19(23)24)8-13(20(25)26)14(12)18(5-3-16)4-2-6-30(27,28)29/h7-8,10,21H,2-6,9H2,1H3,(H,17,22)(H,27,28,29). The first-order valence-corrected chi connectivity index (χ1v) is 11.3. The van der Waals surface area contributed by atoms with E-state index in [1.165, 1.54) is 11.8 Å². The Balaban J connectivity index is 3.55. The second kappa shape index (κ2) is 11.1. The number of alkyl halides is 1. The number of benzene rings is 1. The summed E-state index contributed by atoms with van der Waals surface area (Å²) in [4.78, 5) is 35.0. The highest BCUT2D eigenvalue weighted by Crippen LogP contribution is 2.36. The van der Waals surface area contributed by atoms with E-state index in [-0.39, 0.29) is 42.6 Å². The Bertz CT molecular complexity index is 908. The summed E-state index contributed by atoms with van der Waals surface area (Å²) in [5.41, 5.74) is -1.99. The number of hydrogen-bond donors (Lipinski definition) is 3. The van der Waals surface area contributed by atoms with Crippen LogP contribution in [0.1, 0.15) is 23.7 Å². The molecule has 0 aliphatic heterocycles. The first-order chi connectivity index (χ1) is 13.9. The molecule has 0 bridgehead atoms. The van der Waals surface area contributed by atoms with Crippen molar-refractivity contribution in [2.75, 3.05) is 35.6 Å². The molecule has 168 valence electrons. The van der Waals surface area contributed by atoms with Gasteiger partial charge in [0.25, 0.3) is 27.4 Å². The number of rotatable bonds is 12. The van der Waals surface area contributed by atoms with E-state index in [1.807, 2.05) is 0 Å². The number of carbonyl (C=O) groups excluding carboxylic acids is 1. The summed E-state index contributed by atoms with van der Waals surface area (Å²) in [6.07, 6.45) is -1.05. The second-order valence-corrected chi connectivity index (χ2v) is 8.62. The number of nitro groups is 2. The van der Waals surface area contributed by atoms with E-state index in [4.69, 9.17) is 4.55 Å². The Morgan fingerprint density at radius 3 is 2.37 bits per heavy atom. The average molecular weight is 513 g/mol. The lowest BCUT2D eigenvalue weighted by Gasteiger charge is -2.25. The first kappa shape index (κ1) is 25.7. The summed E-state index contributed by atoms with van der Waals surface area (Å²) < 4.78 is 30.9. The summed E-state index contributed by atoms with van der Waals surface area (Å²) in [6, 6.07) is 1.59. The fourth-order valence-electron chi connectivity index (χ4n) is 2.57. The van der Waals surface area contributed by atoms with Gasteiger partial charge in [0.2, 0.25) is 0 Å². The highest BCUT2D eigenvalue weighted by Gasteiger charge is 2.31. The Morgan fingerprint density at radius 1 is 1.27 bits per heavy atom. The molecule has 0 saturated heterocycles. The molecule has 1 rings (SSSR count). The van der Waals surface area contributed by atoms with Crippen LogP contribution in [0.2, 0.25) is 0 Å². The summed E-state index contributed by atoms with van der Waals surface area (Å²) in [6.45, 7) is 1.20. The lowest BCUT2D eigenvalue weighted by Crippen LogP contribution is -2.34. The molecule has 1 amide bonds. The fraction of sp³-hybridized carbons (Fsp3) is 0.533. The lowest BCUT2D eigenvalue weighted by molar-refractivity contribution is -0.393. The van der Waals surface area contributed by atoms with Crippen molar-refractivity contribution in [1.29, 1.82) is 0 Å². The minimum Gasteiger partial charge on any atom is -0.392 e. The van der Waals surface area contributed by atoms with Crippen molar-refractivity contribution in [3.05, 3.63) is 37.9 Å². The summed E-state index contributed by atoms with van der Waals surface area (Å²) >= 11 is 3.17. The quantitative estimate of drug-likeness (QED) is 0.158. The number of aliphatic hydroxyl groups is 1. The van der Waals surface area contributed by atoms with Gasteiger partial charge in [-0.2, -0.15) is 8.42 Å². The van der Waals surface area contributed by atoms with Crippen molar-refractivity contribution in [1.82, 2.24) is 5.32 Å². The molecule has 30 heavy (non-hydrogen) atoms. The molecule has 1 atom stereocenters. The molecule has 1 aromatic rings. The van der Waals surface area contributed by atoms with Crippen LogP contribution in [0.15, 0.2) is 12.1 Å². The van der Waals surface area contributed by atoms with Crippen LogP contribution in [0.5, 0.6) is 0 Å². The molecule has 13 nitrogen and oxygen atoms in total. The summed E-state index contributed by atoms with van der Waals surface area (Å²) in [7, 11) is -4.27. The number of amides is 1. The van der Waals surface area contributed by atoms with Crippen LogP contribution >= 0.6 is 15.9 Å². The number of nitrogens with one attached hydrogen (secondary N) is 1. The minimum atomic E-state index is -4.27. The predicted octanol–water partition coefficient (Wildman–Crippen LogP) is 1.09. The number of halogens is 1. The normalized spacial score (nSPS) is 12.3. The first-order valence-electron chi connectivity index (χ1n) is 8.56. The smallest absolute Gasteiger partial charge is 0.300 e. The third-order valence-corrected chi connectivity index (χ3v) is 4.94. The van der Waals surface area contributed by atoms with E-state index in [9.17, 15) is 38.5 Å². The maximum atomic E-state index is 12.6. The average Bonchev–Trinajstić information content (AvgIpc) is 2.63. The lowest BCUT2D eigenvalue weighted by atomic mass is 10.1. The van der Waals surface area contributed by atoms with Crippen LogP contribution in [-0.4, -0.2) is 70.7 Å². The molecule has 0 spiro atoms. The zero-order valence-corrected chi connectivity index (χ0v) is 18.3. The van der Waals surface area contributed by atoms with Gasteiger partial charge in [-0.05, 0) is 13.3 Å². The van der Waals surface area contributed by atoms with Gasteiger partial charge in [-0.25, -0.2) is 0 Å². The van der Waals surface area contributed by atoms with Gasteiger partial charge in [-0.15, -0.1) is 0 Å². The van der Waals surface area contributed by atoms with Gasteiger partial charge in [-0.3, -0.25) is 29.6 Å². The van der Waals surface area contributed by atoms with Gasteiger partial charge in [-0.1, -0.05) is 15.9 Å². The second-order valence-electron chi connectivity index (χ2n) is 6.25. The van der Waals surface area contributed by atoms with Crippen LogP contribution in [-0.2, 0) is 10.1 Å². The van der Waals surface area contributed by atoms with Crippen molar-refractivity contribution in [2.24, 2.45) is 0 Å². The molecule has 1 unspecified atom stereocenters. The third-order valence-electron chi connectivity index (χ3n) is 3.79. The van der Waals surface area contributed by atoms with E-state index in [0.29, 0.717) is 6.07 Å². The number of hydrogen-bond acceptors (Lipinski definition) is 9. The number of non-ortho nitro benzene ring substituents is 1. The Kier molecular flexibility index (Phi) is 9.54. The van der Waals surface area contributed by atoms with Crippen LogP contribution in [0.25, 0.3) is 0 Å². The van der Waals surface area contributed by atoms with E-state index < -0.39 is 49.1 Å². The topological polar surface area (TPSA) is 193 Å². The summed E-state index contributed by atoms with van der Waals surface area (Å²) in [5.74, 6) is -1.50. The van der Waals surface area contributed by atoms with E-state index >= 15 is 0 Å². The maximum Gasteiger partial charge on any atom is 0.300 e. The van der Waals surface area contributed by atoms with E-state index in [2.05, 4.69) is 21.2 Å². The Hall–Kier alpha value is -2.36. The molecule has 15 heteroatoms. The zero-order chi connectivity index (χ0) is 23.1. The van der Waals surface area contributed by atoms with E-state index in [0.717, 1.165) is 6.07 Å². The molecule has 0 saturated carbocycles. The van der Waals surface area contributed by atoms with Gasteiger partial charge in [0.1, 0.15) is 5.69 Å². The molecule has 0 aromatic heterocycles. The van der Waals surface area contributed by atoms with E-state index in [1.54, 1.807) is 0 Å². The maximum absolute atomic E-state index is 12.6. The van der Waals surface area contributed by atoms with Gasteiger partial charge >= 0.3 is 0 Å². The highest BCUT2D eigenvalue weighted by molar-refractivity contribution is 9.09. The third kappa shape index (κ3) is 7.81. The van der Waals surface area contributed by atoms with Crippen molar-refractivity contribution in [3.63, 3.8) is 0 Å². The van der Waals surface area contributed by atoms with Crippen molar-refractivity contribution < 1.29 is 32.7 Å². The molecule has 0 radical (unpaired) electrons. The number of nitro benzene ring substituents is 2. The van der Waals surface area contributed by atoms with Gasteiger partial charge < -0.3 is 15.3 Å². The molecule has 0 fully saturated rings. The highest BCUT2D eigenvalue weighted by atomic mass is 79.9. The number of nitrogens with zero attached hydrogens (tertiary/aromatic N) is 3. The molecule has 0 aliphatic carbocycles. The monoisotopic (exact) mass is 512 g/mol. The van der Waals surface area contributed by atoms with Crippen molar-refractivity contribution in [2.45, 2.75) is 19.4 Å². The summed E-state index contributed by atoms with van der Waals surface area (Å²) in [5, 5.41) is 34.8. The molecular formula is C15H21BrN4O9S. The van der Waals surface area contributed by atoms with Gasteiger partial charge in [0.15, 0.2) is 0 Å². The fourth-order valence-corrected chi connectivity index (χ4v) is 3.49. The van der Waals surface area contributed by atoms with Crippen LogP contribution in [0.3, 0.4) is 0 Å².